The maximum absolute atomic E-state index is 12.5. The van der Waals surface area contributed by atoms with Crippen molar-refractivity contribution >= 4 is 11.9 Å². The van der Waals surface area contributed by atoms with Crippen molar-refractivity contribution in [2.24, 2.45) is 0 Å². The first-order valence-electron chi connectivity index (χ1n) is 35.0. The van der Waals surface area contributed by atoms with E-state index in [0.29, 0.717) is 19.4 Å². The summed E-state index contributed by atoms with van der Waals surface area (Å²) in [6.07, 6.45) is 81.4. The predicted octanol–water partition coefficient (Wildman–Crippen LogP) is 22.4. The normalized spacial score (nSPS) is 12.5. The number of rotatable bonds is 66. The second-order valence-electron chi connectivity index (χ2n) is 24.2. The molecule has 0 spiro atoms. The highest BCUT2D eigenvalue weighted by Gasteiger charge is 2.18. The van der Waals surface area contributed by atoms with Crippen LogP contribution < -0.4 is 5.32 Å². The molecule has 2 atom stereocenters. The van der Waals surface area contributed by atoms with Gasteiger partial charge in [0.05, 0.1) is 25.4 Å². The van der Waals surface area contributed by atoms with E-state index in [9.17, 15) is 19.8 Å². The third kappa shape index (κ3) is 61.8. The van der Waals surface area contributed by atoms with Crippen molar-refractivity contribution in [3.05, 3.63) is 12.2 Å². The van der Waals surface area contributed by atoms with Crippen LogP contribution in [0.1, 0.15) is 399 Å². The summed E-state index contributed by atoms with van der Waals surface area (Å²) in [6, 6.07) is -0.626. The van der Waals surface area contributed by atoms with E-state index in [1.807, 2.05) is 6.08 Å². The third-order valence-corrected chi connectivity index (χ3v) is 16.6. The molecule has 0 fully saturated rings. The van der Waals surface area contributed by atoms with Crippen LogP contribution in [0.25, 0.3) is 0 Å². The predicted molar refractivity (Wildman–Crippen MR) is 333 cm³/mol. The second kappa shape index (κ2) is 66.1. The fraction of sp³-hybridized carbons (Fsp3) is 0.943. The Kier molecular flexibility index (Phi) is 64.9. The Labute approximate surface area is 476 Å². The van der Waals surface area contributed by atoms with Crippen LogP contribution >= 0.6 is 0 Å². The van der Waals surface area contributed by atoms with Gasteiger partial charge in [-0.3, -0.25) is 9.59 Å². The molecule has 1 amide bonds. The van der Waals surface area contributed by atoms with E-state index in [-0.39, 0.29) is 18.5 Å². The van der Waals surface area contributed by atoms with Gasteiger partial charge in [-0.25, -0.2) is 0 Å². The van der Waals surface area contributed by atoms with Crippen molar-refractivity contribution in [2.45, 2.75) is 411 Å². The highest BCUT2D eigenvalue weighted by Crippen LogP contribution is 2.19. The molecule has 2 unspecified atom stereocenters. The highest BCUT2D eigenvalue weighted by molar-refractivity contribution is 5.76. The van der Waals surface area contributed by atoms with Gasteiger partial charge < -0.3 is 20.3 Å². The number of amides is 1. The summed E-state index contributed by atoms with van der Waals surface area (Å²) in [4.78, 5) is 24.6. The van der Waals surface area contributed by atoms with Gasteiger partial charge in [0.1, 0.15) is 0 Å². The minimum Gasteiger partial charge on any atom is -0.466 e. The zero-order valence-electron chi connectivity index (χ0n) is 51.8. The molecule has 452 valence electrons. The smallest absolute Gasteiger partial charge is 0.305 e. The lowest BCUT2D eigenvalue weighted by Crippen LogP contribution is -2.45. The van der Waals surface area contributed by atoms with Crippen molar-refractivity contribution in [3.8, 4) is 0 Å². The van der Waals surface area contributed by atoms with Gasteiger partial charge in [0.2, 0.25) is 5.91 Å². The van der Waals surface area contributed by atoms with Gasteiger partial charge in [-0.15, -0.1) is 0 Å². The number of unbranched alkanes of at least 4 members (excludes halogenated alkanes) is 55. The number of hydrogen-bond donors (Lipinski definition) is 3. The fourth-order valence-corrected chi connectivity index (χ4v) is 11.2. The number of esters is 1. The molecule has 0 bridgehead atoms. The Morgan fingerprint density at radius 1 is 0.355 bits per heavy atom. The second-order valence-corrected chi connectivity index (χ2v) is 24.2. The van der Waals surface area contributed by atoms with Gasteiger partial charge >= 0.3 is 5.97 Å². The molecule has 6 heteroatoms. The van der Waals surface area contributed by atoms with Crippen LogP contribution in [0.15, 0.2) is 12.2 Å². The van der Waals surface area contributed by atoms with Crippen LogP contribution in [0.2, 0.25) is 0 Å². The fourth-order valence-electron chi connectivity index (χ4n) is 11.2. The van der Waals surface area contributed by atoms with E-state index >= 15 is 0 Å². The maximum Gasteiger partial charge on any atom is 0.305 e. The molecule has 0 aromatic heterocycles. The number of carbonyl (C=O) groups is 2. The Morgan fingerprint density at radius 3 is 0.895 bits per heavy atom. The van der Waals surface area contributed by atoms with Gasteiger partial charge in [0.25, 0.3) is 0 Å². The van der Waals surface area contributed by atoms with Crippen LogP contribution in [0.3, 0.4) is 0 Å². The highest BCUT2D eigenvalue weighted by atomic mass is 16.5. The lowest BCUT2D eigenvalue weighted by atomic mass is 10.0. The first kappa shape index (κ1) is 74.6. The maximum atomic E-state index is 12.5. The van der Waals surface area contributed by atoms with Crippen molar-refractivity contribution < 1.29 is 24.5 Å². The Balaban J connectivity index is 3.36. The number of aliphatic hydroxyl groups is 2. The molecule has 0 aromatic rings. The Hall–Kier alpha value is -1.40. The largest absolute Gasteiger partial charge is 0.466 e. The van der Waals surface area contributed by atoms with Crippen molar-refractivity contribution in [1.82, 2.24) is 5.32 Å². The molecule has 76 heavy (non-hydrogen) atoms. The Morgan fingerprint density at radius 2 is 0.605 bits per heavy atom. The third-order valence-electron chi connectivity index (χ3n) is 16.6. The lowest BCUT2D eigenvalue weighted by Gasteiger charge is -2.20. The number of aliphatic hydroxyl groups excluding tert-OH is 2. The van der Waals surface area contributed by atoms with Crippen molar-refractivity contribution in [3.63, 3.8) is 0 Å². The molecule has 0 rings (SSSR count). The van der Waals surface area contributed by atoms with E-state index in [1.165, 1.54) is 334 Å². The summed E-state index contributed by atoms with van der Waals surface area (Å²) in [5.74, 6) is -0.0417. The SMILES string of the molecule is CCCCCCCCCCCCCCCCC/C=C/C(O)C(CO)NC(=O)CCCCCCCCCCCCCCCCCCCCCCCCCCCOC(=O)CCCCCCCCCCCCCCCCCCC. The molecule has 3 N–H and O–H groups in total. The van der Waals surface area contributed by atoms with Gasteiger partial charge in [-0.05, 0) is 32.1 Å². The topological polar surface area (TPSA) is 95.9 Å². The van der Waals surface area contributed by atoms with Crippen LogP contribution in [0, 0.1) is 0 Å². The zero-order chi connectivity index (χ0) is 55.0. The van der Waals surface area contributed by atoms with E-state index in [1.54, 1.807) is 6.08 Å². The first-order chi connectivity index (χ1) is 37.5. The molecule has 6 nitrogen and oxygen atoms in total. The van der Waals surface area contributed by atoms with Crippen LogP contribution in [0.4, 0.5) is 0 Å². The van der Waals surface area contributed by atoms with Gasteiger partial charge in [-0.1, -0.05) is 366 Å². The molecule has 0 saturated carbocycles. The number of hydrogen-bond acceptors (Lipinski definition) is 5. The molecule has 0 aliphatic carbocycles. The van der Waals surface area contributed by atoms with Crippen molar-refractivity contribution in [2.75, 3.05) is 13.2 Å². The summed E-state index contributed by atoms with van der Waals surface area (Å²) in [5.41, 5.74) is 0. The standard InChI is InChI=1S/C70H137NO5/c1-3-5-7-9-11-13-15-17-19-30-34-38-42-46-50-54-58-62-68(73)67(66-72)71-69(74)63-59-55-51-47-43-39-35-32-28-26-24-22-21-23-25-27-29-33-37-41-45-49-53-57-61-65-76-70(75)64-60-56-52-48-44-40-36-31-20-18-16-14-12-10-8-6-4-2/h58,62,67-68,72-73H,3-57,59-61,63-66H2,1-2H3,(H,71,74)/b62-58+. The molecule has 0 radical (unpaired) electrons. The van der Waals surface area contributed by atoms with Gasteiger partial charge in [0, 0.05) is 12.8 Å². The van der Waals surface area contributed by atoms with Crippen LogP contribution in [-0.2, 0) is 14.3 Å². The molecule has 0 aliphatic rings. The van der Waals surface area contributed by atoms with E-state index in [2.05, 4.69) is 19.2 Å². The van der Waals surface area contributed by atoms with Gasteiger partial charge in [0.15, 0.2) is 0 Å². The molecular weight excluding hydrogens is 935 g/mol. The Bertz CT molecular complexity index is 1140. The summed E-state index contributed by atoms with van der Waals surface area (Å²) in [6.45, 7) is 4.95. The molecular formula is C70H137NO5. The number of ether oxygens (including phenoxy) is 1. The average molecular weight is 1070 g/mol. The minimum absolute atomic E-state index is 0.0209. The average Bonchev–Trinajstić information content (AvgIpc) is 3.42. The summed E-state index contributed by atoms with van der Waals surface area (Å²) in [5, 5.41) is 23.2. The lowest BCUT2D eigenvalue weighted by molar-refractivity contribution is -0.143. The molecule has 0 aromatic carbocycles. The summed E-state index contributed by atoms with van der Waals surface area (Å²) >= 11 is 0. The molecule has 0 saturated heterocycles. The quantitative estimate of drug-likeness (QED) is 0.0320. The molecule has 0 heterocycles. The minimum atomic E-state index is -0.843. The van der Waals surface area contributed by atoms with Gasteiger partial charge in [-0.2, -0.15) is 0 Å². The molecule has 0 aliphatic heterocycles. The van der Waals surface area contributed by atoms with Crippen LogP contribution in [0.5, 0.6) is 0 Å². The number of carbonyl (C=O) groups excluding carboxylic acids is 2. The first-order valence-corrected chi connectivity index (χ1v) is 35.0. The zero-order valence-corrected chi connectivity index (χ0v) is 51.8. The monoisotopic (exact) mass is 1070 g/mol. The summed E-state index contributed by atoms with van der Waals surface area (Å²) in [7, 11) is 0. The van der Waals surface area contributed by atoms with E-state index < -0.39 is 12.1 Å². The van der Waals surface area contributed by atoms with E-state index in [4.69, 9.17) is 4.74 Å². The van der Waals surface area contributed by atoms with Crippen LogP contribution in [-0.4, -0.2) is 47.4 Å². The summed E-state index contributed by atoms with van der Waals surface area (Å²) < 4.78 is 5.51. The van der Waals surface area contributed by atoms with E-state index in [0.717, 1.165) is 38.5 Å². The number of allylic oxidation sites excluding steroid dienone is 1. The van der Waals surface area contributed by atoms with Crippen molar-refractivity contribution in [1.29, 1.82) is 0 Å². The number of nitrogens with one attached hydrogen (secondary N) is 1.